The number of nitrogens with zero attached hydrogens (tertiary/aromatic N) is 3. The zero-order valence-corrected chi connectivity index (χ0v) is 19.1. The molecule has 3 aromatic carbocycles. The lowest BCUT2D eigenvalue weighted by molar-refractivity contribution is 0.0734. The maximum atomic E-state index is 12.5. The van der Waals surface area contributed by atoms with Crippen LogP contribution in [-0.4, -0.2) is 29.9 Å². The van der Waals surface area contributed by atoms with E-state index < -0.39 is 11.7 Å². The van der Waals surface area contributed by atoms with E-state index in [9.17, 15) is 4.79 Å². The molecule has 0 amide bonds. The number of likely N-dealkylation sites (N-methyl/N-ethyl adjacent to an activating group) is 1. The molecule has 6 rings (SSSR count). The Bertz CT molecular complexity index is 1480. The molecule has 1 spiro atoms. The van der Waals surface area contributed by atoms with Crippen molar-refractivity contribution < 1.29 is 14.3 Å². The Balaban J connectivity index is 1.40. The molecule has 0 N–H and O–H groups in total. The second-order valence-corrected chi connectivity index (χ2v) is 9.18. The third kappa shape index (κ3) is 2.78. The van der Waals surface area contributed by atoms with E-state index in [1.807, 2.05) is 43.6 Å². The predicted molar refractivity (Wildman–Crippen MR) is 133 cm³/mol. The van der Waals surface area contributed by atoms with E-state index in [0.717, 1.165) is 22.1 Å². The van der Waals surface area contributed by atoms with Crippen molar-refractivity contribution in [3.05, 3.63) is 90.3 Å². The number of hydrogen-bond donors (Lipinski definition) is 0. The van der Waals surface area contributed by atoms with Crippen molar-refractivity contribution in [2.24, 2.45) is 4.99 Å². The van der Waals surface area contributed by atoms with E-state index in [0.29, 0.717) is 17.1 Å². The minimum Gasteiger partial charge on any atom is -0.459 e. The van der Waals surface area contributed by atoms with Crippen LogP contribution in [0.25, 0.3) is 10.8 Å². The number of esters is 1. The summed E-state index contributed by atoms with van der Waals surface area (Å²) >= 11 is 0. The maximum absolute atomic E-state index is 12.5. The second-order valence-electron chi connectivity index (χ2n) is 9.18. The fraction of sp³-hybridized carbons (Fsp3) is 0.179. The molecule has 0 saturated heterocycles. The summed E-state index contributed by atoms with van der Waals surface area (Å²) in [6.07, 6.45) is 5.01. The molecule has 0 radical (unpaired) electrons. The van der Waals surface area contributed by atoms with Gasteiger partial charge in [0.1, 0.15) is 17.2 Å². The number of aliphatic imine (C=N–C) groups is 1. The first-order valence-electron chi connectivity index (χ1n) is 11.2. The van der Waals surface area contributed by atoms with Crippen LogP contribution in [0.1, 0.15) is 29.8 Å². The number of ether oxygens (including phenoxy) is 2. The van der Waals surface area contributed by atoms with Crippen LogP contribution in [0.4, 0.5) is 11.4 Å². The molecule has 1 atom stereocenters. The van der Waals surface area contributed by atoms with Crippen molar-refractivity contribution in [3.63, 3.8) is 0 Å². The summed E-state index contributed by atoms with van der Waals surface area (Å²) in [5.74, 6) is 0.678. The largest absolute Gasteiger partial charge is 0.459 e. The SMILES string of the molecule is CN1c2ccccc2C(C)(C)C12C=Nc1c(ccc3ccc(OC(=O)c4cccnc4)cc13)O2. The average Bonchev–Trinajstić information content (AvgIpc) is 3.02. The van der Waals surface area contributed by atoms with Gasteiger partial charge in [0.15, 0.2) is 0 Å². The molecule has 3 heterocycles. The van der Waals surface area contributed by atoms with Crippen molar-refractivity contribution in [1.82, 2.24) is 4.98 Å². The van der Waals surface area contributed by atoms with Gasteiger partial charge in [-0.25, -0.2) is 4.79 Å². The number of carbonyl (C=O) groups is 1. The summed E-state index contributed by atoms with van der Waals surface area (Å²) in [5, 5.41) is 1.84. The monoisotopic (exact) mass is 449 g/mol. The maximum Gasteiger partial charge on any atom is 0.345 e. The van der Waals surface area contributed by atoms with Gasteiger partial charge in [0.25, 0.3) is 0 Å². The average molecular weight is 450 g/mol. The number of carbonyl (C=O) groups excluding carboxylic acids is 1. The van der Waals surface area contributed by atoms with Crippen LogP contribution >= 0.6 is 0 Å². The summed E-state index contributed by atoms with van der Waals surface area (Å²) < 4.78 is 12.4. The van der Waals surface area contributed by atoms with Crippen LogP contribution in [-0.2, 0) is 5.41 Å². The highest BCUT2D eigenvalue weighted by atomic mass is 16.5. The first-order valence-corrected chi connectivity index (χ1v) is 11.2. The van der Waals surface area contributed by atoms with E-state index in [2.05, 4.69) is 41.9 Å². The Morgan fingerprint density at radius 2 is 1.85 bits per heavy atom. The minimum absolute atomic E-state index is 0.324. The molecule has 2 aliphatic rings. The smallest absolute Gasteiger partial charge is 0.345 e. The zero-order valence-electron chi connectivity index (χ0n) is 19.1. The Kier molecular flexibility index (Phi) is 4.30. The molecule has 0 saturated carbocycles. The molecular formula is C28H23N3O3. The van der Waals surface area contributed by atoms with Crippen molar-refractivity contribution in [2.45, 2.75) is 25.0 Å². The third-order valence-corrected chi connectivity index (χ3v) is 7.00. The van der Waals surface area contributed by atoms with Crippen LogP contribution in [0.5, 0.6) is 11.5 Å². The summed E-state index contributed by atoms with van der Waals surface area (Å²) in [4.78, 5) is 23.6. The molecule has 0 bridgehead atoms. The van der Waals surface area contributed by atoms with Crippen molar-refractivity contribution in [3.8, 4) is 11.5 Å². The van der Waals surface area contributed by atoms with Gasteiger partial charge in [0, 0.05) is 30.5 Å². The van der Waals surface area contributed by atoms with Gasteiger partial charge < -0.3 is 14.4 Å². The lowest BCUT2D eigenvalue weighted by Crippen LogP contribution is -2.61. The summed E-state index contributed by atoms with van der Waals surface area (Å²) in [6.45, 7) is 4.37. The first kappa shape index (κ1) is 20.4. The molecular weight excluding hydrogens is 426 g/mol. The van der Waals surface area contributed by atoms with Gasteiger partial charge in [0.2, 0.25) is 5.72 Å². The molecule has 0 fully saturated rings. The Labute approximate surface area is 197 Å². The molecule has 2 aliphatic heterocycles. The van der Waals surface area contributed by atoms with Gasteiger partial charge in [-0.05, 0) is 61.2 Å². The topological polar surface area (TPSA) is 64.0 Å². The van der Waals surface area contributed by atoms with Gasteiger partial charge in [-0.3, -0.25) is 9.98 Å². The highest BCUT2D eigenvalue weighted by Crippen LogP contribution is 2.54. The van der Waals surface area contributed by atoms with Crippen LogP contribution in [0.15, 0.2) is 84.1 Å². The van der Waals surface area contributed by atoms with Crippen LogP contribution in [0.2, 0.25) is 0 Å². The number of rotatable bonds is 2. The second kappa shape index (κ2) is 7.15. The Morgan fingerprint density at radius 3 is 2.65 bits per heavy atom. The number of benzene rings is 3. The number of pyridine rings is 1. The van der Waals surface area contributed by atoms with Crippen molar-refractivity contribution in [2.75, 3.05) is 11.9 Å². The predicted octanol–water partition coefficient (Wildman–Crippen LogP) is 5.67. The zero-order chi connectivity index (χ0) is 23.5. The van der Waals surface area contributed by atoms with Gasteiger partial charge in [0.05, 0.1) is 17.2 Å². The Morgan fingerprint density at radius 1 is 1.03 bits per heavy atom. The number of aromatic nitrogens is 1. The standard InChI is InChI=1S/C28H23N3O3/c1-27(2)22-8-4-5-9-23(22)31(3)28(27)17-30-25-21-15-20(12-10-18(21)11-13-24(25)34-28)33-26(32)19-7-6-14-29-16-19/h4-17H,1-3H3. The van der Waals surface area contributed by atoms with Gasteiger partial charge in [-0.1, -0.05) is 30.3 Å². The number of fused-ring (bicyclic) bond motifs is 4. The van der Waals surface area contributed by atoms with Crippen molar-refractivity contribution in [1.29, 1.82) is 0 Å². The normalized spacial score (nSPS) is 19.6. The van der Waals surface area contributed by atoms with E-state index >= 15 is 0 Å². The van der Waals surface area contributed by atoms with E-state index in [-0.39, 0.29) is 5.41 Å². The number of hydrogen-bond acceptors (Lipinski definition) is 6. The third-order valence-electron chi connectivity index (χ3n) is 7.00. The fourth-order valence-electron chi connectivity index (χ4n) is 5.07. The molecule has 168 valence electrons. The molecule has 4 aromatic rings. The molecule has 1 aromatic heterocycles. The number of para-hydroxylation sites is 1. The lowest BCUT2D eigenvalue weighted by Gasteiger charge is -2.45. The van der Waals surface area contributed by atoms with Crippen LogP contribution < -0.4 is 14.4 Å². The molecule has 6 heteroatoms. The number of anilines is 1. The highest BCUT2D eigenvalue weighted by Gasteiger charge is 2.58. The molecule has 0 aliphatic carbocycles. The minimum atomic E-state index is -0.748. The highest BCUT2D eigenvalue weighted by molar-refractivity contribution is 6.01. The molecule has 1 unspecified atom stereocenters. The quantitative estimate of drug-likeness (QED) is 0.291. The molecule has 34 heavy (non-hydrogen) atoms. The summed E-state index contributed by atoms with van der Waals surface area (Å²) in [5.41, 5.74) is 2.40. The van der Waals surface area contributed by atoms with Crippen LogP contribution in [0.3, 0.4) is 0 Å². The first-order chi connectivity index (χ1) is 16.4. The Hall–Kier alpha value is -4.19. The van der Waals surface area contributed by atoms with E-state index in [4.69, 9.17) is 14.5 Å². The summed E-state index contributed by atoms with van der Waals surface area (Å²) in [7, 11) is 2.04. The van der Waals surface area contributed by atoms with E-state index in [1.54, 1.807) is 24.4 Å². The van der Waals surface area contributed by atoms with Crippen molar-refractivity contribution >= 4 is 34.3 Å². The van der Waals surface area contributed by atoms with Crippen LogP contribution in [0, 0.1) is 0 Å². The van der Waals surface area contributed by atoms with E-state index in [1.165, 1.54) is 11.8 Å². The summed E-state index contributed by atoms with van der Waals surface area (Å²) in [6, 6.07) is 21.2. The fourth-order valence-corrected chi connectivity index (χ4v) is 5.07. The van der Waals surface area contributed by atoms with Gasteiger partial charge in [-0.2, -0.15) is 0 Å². The van der Waals surface area contributed by atoms with Gasteiger partial charge >= 0.3 is 5.97 Å². The van der Waals surface area contributed by atoms with Gasteiger partial charge in [-0.15, -0.1) is 0 Å². The molecule has 6 nitrogen and oxygen atoms in total. The lowest BCUT2D eigenvalue weighted by atomic mass is 9.77.